The van der Waals surface area contributed by atoms with Gasteiger partial charge in [0.1, 0.15) is 17.6 Å². The number of rotatable bonds is 4. The highest BCUT2D eigenvalue weighted by molar-refractivity contribution is 7.99. The minimum absolute atomic E-state index is 0.0334. The summed E-state index contributed by atoms with van der Waals surface area (Å²) in [4.78, 5) is 26.9. The lowest BCUT2D eigenvalue weighted by Gasteiger charge is -2.21. The molecule has 6 nitrogen and oxygen atoms in total. The van der Waals surface area contributed by atoms with Crippen LogP contribution in [0.5, 0.6) is 0 Å². The van der Waals surface area contributed by atoms with E-state index in [0.29, 0.717) is 28.0 Å². The van der Waals surface area contributed by atoms with Gasteiger partial charge < -0.3 is 14.7 Å². The van der Waals surface area contributed by atoms with Crippen molar-refractivity contribution in [3.8, 4) is 11.3 Å². The molecule has 1 aromatic heterocycles. The van der Waals surface area contributed by atoms with Crippen molar-refractivity contribution in [2.24, 2.45) is 0 Å². The molecule has 0 unspecified atom stereocenters. The van der Waals surface area contributed by atoms with Crippen LogP contribution < -0.4 is 5.32 Å². The molecule has 0 saturated carbocycles. The van der Waals surface area contributed by atoms with E-state index < -0.39 is 17.8 Å². The van der Waals surface area contributed by atoms with E-state index in [4.69, 9.17) is 16.1 Å². The number of carbonyl (C=O) groups is 2. The summed E-state index contributed by atoms with van der Waals surface area (Å²) >= 11 is 7.44. The second kappa shape index (κ2) is 8.26. The molecule has 0 radical (unpaired) electrons. The molecule has 29 heavy (non-hydrogen) atoms. The van der Waals surface area contributed by atoms with E-state index in [-0.39, 0.29) is 11.7 Å². The molecular formula is C20H15ClFN3O3S. The molecule has 2 amide bonds. The summed E-state index contributed by atoms with van der Waals surface area (Å²) in [5.41, 5.74) is 1.53. The summed E-state index contributed by atoms with van der Waals surface area (Å²) in [6.45, 7) is 0. The fraction of sp³-hybridized carbons (Fsp3) is 0.150. The molecule has 1 atom stereocenters. The minimum Gasteiger partial charge on any atom is -0.350 e. The number of thioether (sulfide) groups is 1. The lowest BCUT2D eigenvalue weighted by molar-refractivity contribution is -0.119. The van der Waals surface area contributed by atoms with E-state index in [1.165, 1.54) is 40.9 Å². The highest BCUT2D eigenvalue weighted by atomic mass is 35.5. The Labute approximate surface area is 175 Å². The van der Waals surface area contributed by atoms with Gasteiger partial charge in [-0.3, -0.25) is 9.59 Å². The number of benzene rings is 2. The maximum Gasteiger partial charge on any atom is 0.293 e. The summed E-state index contributed by atoms with van der Waals surface area (Å²) in [7, 11) is 0. The second-order valence-electron chi connectivity index (χ2n) is 6.38. The van der Waals surface area contributed by atoms with Crippen LogP contribution in [0.4, 0.5) is 10.1 Å². The van der Waals surface area contributed by atoms with Gasteiger partial charge in [-0.05, 0) is 30.3 Å². The maximum absolute atomic E-state index is 13.3. The Hall–Kier alpha value is -2.84. The molecule has 148 valence electrons. The van der Waals surface area contributed by atoms with E-state index in [2.05, 4.69) is 10.5 Å². The molecule has 0 spiro atoms. The van der Waals surface area contributed by atoms with Crippen LogP contribution in [0.25, 0.3) is 11.3 Å². The van der Waals surface area contributed by atoms with Crippen molar-refractivity contribution in [3.05, 3.63) is 71.2 Å². The molecule has 1 saturated heterocycles. The van der Waals surface area contributed by atoms with Crippen LogP contribution in [-0.2, 0) is 4.79 Å². The molecule has 0 bridgehead atoms. The van der Waals surface area contributed by atoms with E-state index in [0.717, 1.165) is 5.56 Å². The van der Waals surface area contributed by atoms with Gasteiger partial charge in [0, 0.05) is 28.1 Å². The van der Waals surface area contributed by atoms with Crippen LogP contribution >= 0.6 is 23.4 Å². The highest BCUT2D eigenvalue weighted by Crippen LogP contribution is 2.27. The fourth-order valence-corrected chi connectivity index (χ4v) is 4.30. The van der Waals surface area contributed by atoms with Crippen molar-refractivity contribution in [2.45, 2.75) is 6.04 Å². The van der Waals surface area contributed by atoms with Gasteiger partial charge in [-0.15, -0.1) is 11.8 Å². The number of hydrogen-bond donors (Lipinski definition) is 1. The normalized spacial score (nSPS) is 16.1. The number of nitrogens with one attached hydrogen (secondary N) is 1. The zero-order valence-electron chi connectivity index (χ0n) is 15.0. The van der Waals surface area contributed by atoms with Crippen LogP contribution in [0.3, 0.4) is 0 Å². The van der Waals surface area contributed by atoms with Crippen LogP contribution in [0, 0.1) is 5.82 Å². The number of amides is 2. The lowest BCUT2D eigenvalue weighted by atomic mass is 10.1. The Morgan fingerprint density at radius 2 is 2.03 bits per heavy atom. The van der Waals surface area contributed by atoms with E-state index >= 15 is 0 Å². The molecule has 2 heterocycles. The summed E-state index contributed by atoms with van der Waals surface area (Å²) in [5.74, 6) is -0.466. The van der Waals surface area contributed by atoms with Gasteiger partial charge in [0.2, 0.25) is 11.7 Å². The first-order valence-corrected chi connectivity index (χ1v) is 10.2. The van der Waals surface area contributed by atoms with Crippen molar-refractivity contribution in [2.75, 3.05) is 16.9 Å². The average Bonchev–Trinajstić information content (AvgIpc) is 3.37. The van der Waals surface area contributed by atoms with Crippen LogP contribution in [0.2, 0.25) is 5.02 Å². The van der Waals surface area contributed by atoms with Crippen molar-refractivity contribution >= 4 is 40.9 Å². The first-order valence-electron chi connectivity index (χ1n) is 8.69. The fourth-order valence-electron chi connectivity index (χ4n) is 2.95. The Kier molecular flexibility index (Phi) is 5.55. The predicted molar refractivity (Wildman–Crippen MR) is 109 cm³/mol. The monoisotopic (exact) mass is 431 g/mol. The Morgan fingerprint density at radius 1 is 1.21 bits per heavy atom. The van der Waals surface area contributed by atoms with Crippen LogP contribution in [-0.4, -0.2) is 39.5 Å². The zero-order valence-corrected chi connectivity index (χ0v) is 16.5. The van der Waals surface area contributed by atoms with E-state index in [9.17, 15) is 14.0 Å². The van der Waals surface area contributed by atoms with Crippen molar-refractivity contribution in [3.63, 3.8) is 0 Å². The summed E-state index contributed by atoms with van der Waals surface area (Å²) in [5, 5.41) is 7.13. The van der Waals surface area contributed by atoms with Gasteiger partial charge in [-0.1, -0.05) is 35.0 Å². The SMILES string of the molecule is O=C(Nc1cccc(F)c1)[C@H]1CSCN1C(=O)c1cc(-c2cccc(Cl)c2)no1. The average molecular weight is 432 g/mol. The second-order valence-corrected chi connectivity index (χ2v) is 7.81. The predicted octanol–water partition coefficient (Wildman–Crippen LogP) is 4.29. The summed E-state index contributed by atoms with van der Waals surface area (Å²) in [6.07, 6.45) is 0. The van der Waals surface area contributed by atoms with Gasteiger partial charge in [-0.25, -0.2) is 4.39 Å². The third-order valence-electron chi connectivity index (χ3n) is 4.38. The van der Waals surface area contributed by atoms with Gasteiger partial charge >= 0.3 is 0 Å². The molecule has 1 aliphatic rings. The molecule has 1 aliphatic heterocycles. The standard InChI is InChI=1S/C20H15ClFN3O3S/c21-13-4-1-3-12(7-13)16-9-18(28-24-16)20(27)25-11-29-10-17(25)19(26)23-15-6-2-5-14(22)8-15/h1-9,17H,10-11H2,(H,23,26)/t17-/m1/s1. The minimum atomic E-state index is -0.699. The lowest BCUT2D eigenvalue weighted by Crippen LogP contribution is -2.44. The molecule has 1 fully saturated rings. The van der Waals surface area contributed by atoms with Crippen LogP contribution in [0.1, 0.15) is 10.6 Å². The van der Waals surface area contributed by atoms with Gasteiger partial charge in [0.15, 0.2) is 0 Å². The number of hydrogen-bond acceptors (Lipinski definition) is 5. The first-order chi connectivity index (χ1) is 14.0. The Morgan fingerprint density at radius 3 is 2.83 bits per heavy atom. The molecule has 0 aliphatic carbocycles. The number of carbonyl (C=O) groups excluding carboxylic acids is 2. The molecule has 4 rings (SSSR count). The Balaban J connectivity index is 1.50. The molecule has 1 N–H and O–H groups in total. The maximum atomic E-state index is 13.3. The molecule has 2 aromatic carbocycles. The number of nitrogens with zero attached hydrogens (tertiary/aromatic N) is 2. The van der Waals surface area contributed by atoms with Crippen LogP contribution in [0.15, 0.2) is 59.1 Å². The topological polar surface area (TPSA) is 75.4 Å². The van der Waals surface area contributed by atoms with Gasteiger partial charge in [-0.2, -0.15) is 0 Å². The van der Waals surface area contributed by atoms with E-state index in [1.54, 1.807) is 30.3 Å². The van der Waals surface area contributed by atoms with Crippen molar-refractivity contribution < 1.29 is 18.5 Å². The van der Waals surface area contributed by atoms with Crippen molar-refractivity contribution in [1.29, 1.82) is 0 Å². The summed E-state index contributed by atoms with van der Waals surface area (Å²) < 4.78 is 18.6. The third-order valence-corrected chi connectivity index (χ3v) is 5.63. The number of anilines is 1. The molecule has 9 heteroatoms. The Bertz CT molecular complexity index is 1070. The largest absolute Gasteiger partial charge is 0.350 e. The van der Waals surface area contributed by atoms with E-state index in [1.807, 2.05) is 0 Å². The van der Waals surface area contributed by atoms with Gasteiger partial charge in [0.05, 0.1) is 5.88 Å². The quantitative estimate of drug-likeness (QED) is 0.667. The van der Waals surface area contributed by atoms with Gasteiger partial charge in [0.25, 0.3) is 5.91 Å². The third kappa shape index (κ3) is 4.28. The smallest absolute Gasteiger partial charge is 0.293 e. The number of aromatic nitrogens is 1. The molecular weight excluding hydrogens is 417 g/mol. The first kappa shape index (κ1) is 19.5. The highest BCUT2D eigenvalue weighted by Gasteiger charge is 2.36. The van der Waals surface area contributed by atoms with Crippen molar-refractivity contribution in [1.82, 2.24) is 10.1 Å². The summed E-state index contributed by atoms with van der Waals surface area (Å²) in [6, 6.07) is 13.5. The molecule has 3 aromatic rings. The number of halogens is 2. The zero-order chi connectivity index (χ0) is 20.4.